The molecule has 6 nitrogen and oxygen atoms in total. The van der Waals surface area contributed by atoms with Gasteiger partial charge in [0, 0.05) is 50.8 Å². The smallest absolute Gasteiger partial charge is 0.227 e. The molecule has 34 heavy (non-hydrogen) atoms. The molecule has 2 fully saturated rings. The van der Waals surface area contributed by atoms with Crippen molar-refractivity contribution in [1.29, 1.82) is 0 Å². The first-order valence-electron chi connectivity index (χ1n) is 11.9. The van der Waals surface area contributed by atoms with Crippen molar-refractivity contribution in [3.05, 3.63) is 76.8 Å². The van der Waals surface area contributed by atoms with Crippen LogP contribution >= 0.6 is 11.6 Å². The highest BCUT2D eigenvalue weighted by Gasteiger charge is 2.35. The highest BCUT2D eigenvalue weighted by molar-refractivity contribution is 7.88. The fraction of sp³-hybridized carbons (Fsp3) is 0.423. The topological polar surface area (TPSA) is 60.9 Å². The first-order valence-corrected chi connectivity index (χ1v) is 13.8. The molecule has 2 aromatic rings. The molecule has 2 heterocycles. The highest BCUT2D eigenvalue weighted by Crippen LogP contribution is 2.24. The second-order valence-electron chi connectivity index (χ2n) is 9.02. The number of hydrogen-bond donors (Lipinski definition) is 0. The zero-order chi connectivity index (χ0) is 24.0. The fourth-order valence-electron chi connectivity index (χ4n) is 4.59. The highest BCUT2D eigenvalue weighted by atomic mass is 35.5. The quantitative estimate of drug-likeness (QED) is 0.580. The third kappa shape index (κ3) is 6.69. The van der Waals surface area contributed by atoms with Crippen molar-refractivity contribution in [3.8, 4) is 0 Å². The number of rotatable bonds is 7. The maximum atomic E-state index is 13.2. The van der Waals surface area contributed by atoms with E-state index < -0.39 is 10.0 Å². The van der Waals surface area contributed by atoms with Gasteiger partial charge in [-0.2, -0.15) is 0 Å². The lowest BCUT2D eigenvalue weighted by atomic mass is 9.98. The minimum absolute atomic E-state index is 0.0692. The molecule has 1 atom stereocenters. The summed E-state index contributed by atoms with van der Waals surface area (Å²) < 4.78 is 27.5. The Bertz CT molecular complexity index is 1080. The Balaban J connectivity index is 1.27. The molecule has 0 aromatic heterocycles. The maximum absolute atomic E-state index is 13.2. The van der Waals surface area contributed by atoms with Gasteiger partial charge in [0.15, 0.2) is 0 Å². The third-order valence-electron chi connectivity index (χ3n) is 6.55. The molecule has 1 amide bonds. The third-order valence-corrected chi connectivity index (χ3v) is 8.62. The number of amides is 1. The Hall–Kier alpha value is -2.19. The SMILES string of the molecule is O=C([C@@H]1CCCN(S(=O)(=O)Cc2ccc(Cl)cc2)C1)N1CCN(C/C=C/c2ccccc2)CC1. The second-order valence-corrected chi connectivity index (χ2v) is 11.4. The summed E-state index contributed by atoms with van der Waals surface area (Å²) in [4.78, 5) is 17.4. The van der Waals surface area contributed by atoms with Crippen molar-refractivity contribution in [2.24, 2.45) is 5.92 Å². The molecule has 182 valence electrons. The normalized spacial score (nSPS) is 20.6. The molecule has 0 saturated carbocycles. The Morgan fingerprint density at radius 1 is 0.971 bits per heavy atom. The van der Waals surface area contributed by atoms with Crippen LogP contribution in [0, 0.1) is 5.92 Å². The molecule has 8 heteroatoms. The van der Waals surface area contributed by atoms with Gasteiger partial charge in [0.1, 0.15) is 0 Å². The number of piperidine rings is 1. The first-order chi connectivity index (χ1) is 16.4. The number of piperazine rings is 1. The van der Waals surface area contributed by atoms with Crippen molar-refractivity contribution in [2.75, 3.05) is 45.8 Å². The Morgan fingerprint density at radius 3 is 2.38 bits per heavy atom. The molecule has 0 N–H and O–H groups in total. The van der Waals surface area contributed by atoms with E-state index in [4.69, 9.17) is 11.6 Å². The number of hydrogen-bond acceptors (Lipinski definition) is 4. The lowest BCUT2D eigenvalue weighted by Crippen LogP contribution is -2.53. The fourth-order valence-corrected chi connectivity index (χ4v) is 6.33. The van der Waals surface area contributed by atoms with Gasteiger partial charge < -0.3 is 4.90 Å². The predicted octanol–water partition coefficient (Wildman–Crippen LogP) is 3.74. The molecule has 0 aliphatic carbocycles. The van der Waals surface area contributed by atoms with Crippen molar-refractivity contribution >= 4 is 33.6 Å². The number of sulfonamides is 1. The summed E-state index contributed by atoms with van der Waals surface area (Å²) in [5.74, 6) is -0.246. The van der Waals surface area contributed by atoms with Crippen LogP contribution in [0.2, 0.25) is 5.02 Å². The summed E-state index contributed by atoms with van der Waals surface area (Å²) in [6.45, 7) is 4.64. The summed E-state index contributed by atoms with van der Waals surface area (Å²) >= 11 is 5.91. The largest absolute Gasteiger partial charge is 0.340 e. The van der Waals surface area contributed by atoms with E-state index in [1.807, 2.05) is 23.1 Å². The molecular weight excluding hydrogens is 470 g/mol. The Kier molecular flexibility index (Phi) is 8.42. The summed E-state index contributed by atoms with van der Waals surface area (Å²) in [5.41, 5.74) is 1.89. The van der Waals surface area contributed by atoms with Gasteiger partial charge in [0.2, 0.25) is 15.9 Å². The molecule has 2 saturated heterocycles. The van der Waals surface area contributed by atoms with E-state index in [1.165, 1.54) is 9.87 Å². The molecular formula is C26H32ClN3O3S. The van der Waals surface area contributed by atoms with Gasteiger partial charge in [-0.25, -0.2) is 12.7 Å². The maximum Gasteiger partial charge on any atom is 0.227 e. The van der Waals surface area contributed by atoms with Crippen LogP contribution in [0.4, 0.5) is 0 Å². The summed E-state index contributed by atoms with van der Waals surface area (Å²) in [6.07, 6.45) is 5.74. The van der Waals surface area contributed by atoms with Gasteiger partial charge >= 0.3 is 0 Å². The molecule has 0 bridgehead atoms. The Morgan fingerprint density at radius 2 is 1.68 bits per heavy atom. The number of carbonyl (C=O) groups is 1. The average Bonchev–Trinajstić information content (AvgIpc) is 2.86. The number of halogens is 1. The van der Waals surface area contributed by atoms with Crippen LogP contribution in [0.3, 0.4) is 0 Å². The van der Waals surface area contributed by atoms with Crippen LogP contribution in [0.5, 0.6) is 0 Å². The molecule has 2 aliphatic heterocycles. The van der Waals surface area contributed by atoms with E-state index in [9.17, 15) is 13.2 Å². The van der Waals surface area contributed by atoms with Crippen LogP contribution < -0.4 is 0 Å². The number of carbonyl (C=O) groups excluding carboxylic acids is 1. The summed E-state index contributed by atoms with van der Waals surface area (Å²) in [5, 5.41) is 0.581. The van der Waals surface area contributed by atoms with Crippen LogP contribution in [-0.2, 0) is 20.6 Å². The van der Waals surface area contributed by atoms with Crippen LogP contribution in [-0.4, -0.2) is 74.2 Å². The minimum atomic E-state index is -3.48. The van der Waals surface area contributed by atoms with E-state index in [0.717, 1.165) is 26.1 Å². The van der Waals surface area contributed by atoms with Gasteiger partial charge in [0.25, 0.3) is 0 Å². The summed E-state index contributed by atoms with van der Waals surface area (Å²) in [7, 11) is -3.48. The lowest BCUT2D eigenvalue weighted by molar-refractivity contribution is -0.138. The minimum Gasteiger partial charge on any atom is -0.340 e. The number of benzene rings is 2. The van der Waals surface area contributed by atoms with Crippen molar-refractivity contribution < 1.29 is 13.2 Å². The second kappa shape index (κ2) is 11.5. The lowest BCUT2D eigenvalue weighted by Gasteiger charge is -2.38. The van der Waals surface area contributed by atoms with Gasteiger partial charge in [-0.15, -0.1) is 0 Å². The molecule has 0 spiro atoms. The van der Waals surface area contributed by atoms with Crippen molar-refractivity contribution in [3.63, 3.8) is 0 Å². The zero-order valence-corrected chi connectivity index (χ0v) is 20.9. The molecule has 0 unspecified atom stereocenters. The van der Waals surface area contributed by atoms with Gasteiger partial charge in [-0.3, -0.25) is 9.69 Å². The molecule has 2 aliphatic rings. The predicted molar refractivity (Wildman–Crippen MR) is 137 cm³/mol. The molecule has 4 rings (SSSR count). The summed E-state index contributed by atoms with van der Waals surface area (Å²) in [6, 6.07) is 17.1. The van der Waals surface area contributed by atoms with Crippen molar-refractivity contribution in [1.82, 2.24) is 14.1 Å². The Labute approximate surface area is 207 Å². The van der Waals surface area contributed by atoms with E-state index in [2.05, 4.69) is 29.2 Å². The monoisotopic (exact) mass is 501 g/mol. The van der Waals surface area contributed by atoms with E-state index in [-0.39, 0.29) is 24.1 Å². The standard InChI is InChI=1S/C26H32ClN3O3S/c27-25-12-10-23(11-13-25)21-34(32,33)30-15-5-9-24(20-30)26(31)29-18-16-28(17-19-29)14-4-8-22-6-2-1-3-7-22/h1-4,6-8,10-13,24H,5,9,14-21H2/b8-4+/t24-/m1/s1. The van der Waals surface area contributed by atoms with Gasteiger partial charge in [-0.1, -0.05) is 66.2 Å². The van der Waals surface area contributed by atoms with E-state index >= 15 is 0 Å². The van der Waals surface area contributed by atoms with Crippen molar-refractivity contribution in [2.45, 2.75) is 18.6 Å². The first kappa shape index (κ1) is 24.9. The zero-order valence-electron chi connectivity index (χ0n) is 19.4. The van der Waals surface area contributed by atoms with E-state index in [0.29, 0.717) is 36.6 Å². The van der Waals surface area contributed by atoms with Crippen LogP contribution in [0.1, 0.15) is 24.0 Å². The average molecular weight is 502 g/mol. The van der Waals surface area contributed by atoms with Crippen LogP contribution in [0.15, 0.2) is 60.7 Å². The van der Waals surface area contributed by atoms with Gasteiger partial charge in [0.05, 0.1) is 11.7 Å². The van der Waals surface area contributed by atoms with E-state index in [1.54, 1.807) is 24.3 Å². The number of nitrogens with zero attached hydrogens (tertiary/aromatic N) is 3. The molecule has 0 radical (unpaired) electrons. The van der Waals surface area contributed by atoms with Gasteiger partial charge in [-0.05, 0) is 36.1 Å². The molecule has 2 aromatic carbocycles. The van der Waals surface area contributed by atoms with Crippen LogP contribution in [0.25, 0.3) is 6.08 Å².